The third kappa shape index (κ3) is 15.9. The van der Waals surface area contributed by atoms with E-state index in [1.165, 1.54) is 64.2 Å². The van der Waals surface area contributed by atoms with Gasteiger partial charge in [0.25, 0.3) is 5.48 Å². The maximum absolute atomic E-state index is 12.0. The molecule has 1 N–H and O–H groups in total. The first-order valence-electron chi connectivity index (χ1n) is 10.6. The zero-order chi connectivity index (χ0) is 19.8. The Morgan fingerprint density at radius 1 is 0.808 bits per heavy atom. The van der Waals surface area contributed by atoms with Gasteiger partial charge in [-0.25, -0.2) is 4.79 Å². The van der Waals surface area contributed by atoms with E-state index >= 15 is 0 Å². The van der Waals surface area contributed by atoms with Crippen molar-refractivity contribution in [2.75, 3.05) is 27.7 Å². The predicted octanol–water partition coefficient (Wildman–Crippen LogP) is 4.96. The second kappa shape index (κ2) is 15.7. The molecule has 0 aromatic rings. The minimum atomic E-state index is -2.24. The van der Waals surface area contributed by atoms with E-state index in [0.29, 0.717) is 10.9 Å². The zero-order valence-corrected chi connectivity index (χ0v) is 18.7. The molecule has 0 rings (SSSR count). The predicted molar refractivity (Wildman–Crippen MR) is 112 cm³/mol. The zero-order valence-electron chi connectivity index (χ0n) is 17.8. The average molecular weight is 389 g/mol. The van der Waals surface area contributed by atoms with E-state index in [0.717, 1.165) is 19.3 Å². The summed E-state index contributed by atoms with van der Waals surface area (Å²) in [7, 11) is 3.46. The van der Waals surface area contributed by atoms with Crippen LogP contribution >= 0.6 is 7.77 Å². The van der Waals surface area contributed by atoms with Gasteiger partial charge in [0, 0.05) is 0 Å². The number of likely N-dealkylation sites (N-methyl/N-ethyl adjacent to an activating group) is 1. The van der Waals surface area contributed by atoms with Gasteiger partial charge >= 0.3 is 5.52 Å². The third-order valence-corrected chi connectivity index (χ3v) is 5.86. The topological polar surface area (TPSA) is 60.4 Å². The number of hydrogen-bond acceptors (Lipinski definition) is 2. The van der Waals surface area contributed by atoms with Crippen LogP contribution in [-0.2, 0) is 4.79 Å². The van der Waals surface area contributed by atoms with E-state index in [9.17, 15) is 14.8 Å². The largest absolute Gasteiger partial charge is 0.622 e. The summed E-state index contributed by atoms with van der Waals surface area (Å²) >= 11 is 0. The number of carbonyl (C=O) groups excluding carboxylic acids is 1. The Bertz CT molecular complexity index is 403. The molecule has 4 nitrogen and oxygen atoms in total. The first-order valence-corrected chi connectivity index (χ1v) is 11.9. The van der Waals surface area contributed by atoms with Crippen LogP contribution in [0, 0.1) is 0 Å². The van der Waals surface area contributed by atoms with Crippen molar-refractivity contribution in [1.82, 2.24) is 0 Å². The fourth-order valence-electron chi connectivity index (χ4n) is 3.03. The van der Waals surface area contributed by atoms with Crippen LogP contribution in [0.2, 0.25) is 0 Å². The first-order chi connectivity index (χ1) is 12.3. The highest BCUT2D eigenvalue weighted by Crippen LogP contribution is 2.20. The van der Waals surface area contributed by atoms with Crippen LogP contribution in [0.1, 0.15) is 96.8 Å². The van der Waals surface area contributed by atoms with Gasteiger partial charge < -0.3 is 14.5 Å². The van der Waals surface area contributed by atoms with Gasteiger partial charge in [0.05, 0.1) is 27.6 Å². The highest BCUT2D eigenvalue weighted by molar-refractivity contribution is 7.68. The lowest BCUT2D eigenvalue weighted by atomic mass is 10.0. The fourth-order valence-corrected chi connectivity index (χ4v) is 4.23. The molecule has 0 bridgehead atoms. The summed E-state index contributed by atoms with van der Waals surface area (Å²) in [5.74, 6) is 0. The Morgan fingerprint density at radius 3 is 1.58 bits per heavy atom. The van der Waals surface area contributed by atoms with Crippen LogP contribution in [0.15, 0.2) is 0 Å². The second-order valence-electron chi connectivity index (χ2n) is 8.55. The molecule has 26 heavy (non-hydrogen) atoms. The third-order valence-electron chi connectivity index (χ3n) is 4.57. The monoisotopic (exact) mass is 388 g/mol. The van der Waals surface area contributed by atoms with Gasteiger partial charge in [-0.15, -0.1) is 0 Å². The highest BCUT2D eigenvalue weighted by atomic mass is 31.1. The Hall–Kier alpha value is -0.280. The quantitative estimate of drug-likeness (QED) is 0.218. The Morgan fingerprint density at radius 2 is 1.19 bits per heavy atom. The van der Waals surface area contributed by atoms with Gasteiger partial charge in [0.15, 0.2) is 14.3 Å². The van der Waals surface area contributed by atoms with Gasteiger partial charge in [-0.1, -0.05) is 84.0 Å². The number of hydrogen-bond donors (Lipinski definition) is 1. The van der Waals surface area contributed by atoms with Crippen molar-refractivity contribution in [3.05, 3.63) is 0 Å². The summed E-state index contributed by atoms with van der Waals surface area (Å²) in [5, 5.41) is 9.82. The van der Waals surface area contributed by atoms with E-state index in [-0.39, 0.29) is 17.5 Å². The van der Waals surface area contributed by atoms with Crippen LogP contribution in [0.3, 0.4) is 0 Å². The number of aliphatic hydroxyl groups excluding tert-OH is 1. The summed E-state index contributed by atoms with van der Waals surface area (Å²) in [4.78, 5) is 23.9. The number of carbonyl (C=O) groups is 1. The summed E-state index contributed by atoms with van der Waals surface area (Å²) in [6, 6.07) is 0. The van der Waals surface area contributed by atoms with Crippen LogP contribution in [0.5, 0.6) is 0 Å². The average Bonchev–Trinajstić information content (AvgIpc) is 2.56. The lowest BCUT2D eigenvalue weighted by Gasteiger charge is -2.21. The molecule has 0 radical (unpaired) electrons. The molecule has 0 aliphatic carbocycles. The van der Waals surface area contributed by atoms with E-state index < -0.39 is 7.77 Å². The van der Waals surface area contributed by atoms with Crippen LogP contribution in [0.4, 0.5) is 0 Å². The normalized spacial score (nSPS) is 13.0. The summed E-state index contributed by atoms with van der Waals surface area (Å²) < 4.78 is 0.471. The summed E-state index contributed by atoms with van der Waals surface area (Å²) in [6.45, 7) is 2.52. The number of quaternary nitrogens is 1. The van der Waals surface area contributed by atoms with Gasteiger partial charge in [0.1, 0.15) is 0 Å². The van der Waals surface area contributed by atoms with Crippen LogP contribution in [-0.4, -0.2) is 48.3 Å². The summed E-state index contributed by atoms with van der Waals surface area (Å²) in [6.07, 6.45) is 16.7. The van der Waals surface area contributed by atoms with Crippen molar-refractivity contribution in [3.8, 4) is 0 Å². The van der Waals surface area contributed by atoms with E-state index in [1.54, 1.807) is 0 Å². The molecule has 0 spiro atoms. The molecule has 0 aliphatic heterocycles. The molecule has 0 aromatic carbocycles. The molecule has 0 saturated carbocycles. The van der Waals surface area contributed by atoms with Crippen molar-refractivity contribution in [1.29, 1.82) is 0 Å². The number of aliphatic hydroxyl groups is 1. The number of unbranched alkanes of at least 4 members (excludes halogenated alkanes) is 12. The van der Waals surface area contributed by atoms with Crippen molar-refractivity contribution in [3.63, 3.8) is 0 Å². The molecule has 0 fully saturated rings. The number of rotatable bonds is 17. The lowest BCUT2D eigenvalue weighted by molar-refractivity contribution is -0.861. The van der Waals surface area contributed by atoms with Gasteiger partial charge in [-0.2, -0.15) is 0 Å². The maximum atomic E-state index is 12.0. The van der Waals surface area contributed by atoms with Crippen LogP contribution in [0.25, 0.3) is 0 Å². The molecular formula is C21H43NO3P+. The Kier molecular flexibility index (Phi) is 15.6. The fraction of sp³-hybridized carbons (Fsp3) is 0.905. The Labute approximate surface area is 163 Å². The molecule has 0 amide bonds. The van der Waals surface area contributed by atoms with Crippen molar-refractivity contribution in [2.45, 2.75) is 96.8 Å². The molecular weight excluding hydrogens is 345 g/mol. The van der Waals surface area contributed by atoms with Crippen molar-refractivity contribution >= 4 is 18.8 Å². The van der Waals surface area contributed by atoms with Gasteiger partial charge in [-0.05, 0) is 6.42 Å². The van der Waals surface area contributed by atoms with Gasteiger partial charge in [-0.3, -0.25) is 0 Å². The maximum Gasteiger partial charge on any atom is 0.321 e. The van der Waals surface area contributed by atoms with E-state index in [2.05, 4.69) is 6.92 Å². The SMILES string of the molecule is CCCCCCCCCCCCCCCC(=O)/[P+]([O-])=C(\O)C[N+](C)(C)C. The molecule has 0 aromatic heterocycles. The van der Waals surface area contributed by atoms with E-state index in [1.807, 2.05) is 21.1 Å². The molecule has 1 unspecified atom stereocenters. The van der Waals surface area contributed by atoms with E-state index in [4.69, 9.17) is 0 Å². The lowest BCUT2D eigenvalue weighted by Crippen LogP contribution is -2.39. The second-order valence-corrected chi connectivity index (χ2v) is 10.1. The molecule has 0 saturated heterocycles. The molecule has 0 aliphatic rings. The summed E-state index contributed by atoms with van der Waals surface area (Å²) in [5.41, 5.74) is -0.457. The molecule has 1 atom stereocenters. The molecule has 5 heteroatoms. The number of nitrogens with zero attached hydrogens (tertiary/aromatic N) is 1. The first kappa shape index (κ1) is 25.7. The van der Waals surface area contributed by atoms with Crippen molar-refractivity contribution in [2.24, 2.45) is 0 Å². The molecule has 0 heterocycles. The minimum Gasteiger partial charge on any atom is -0.622 e. The van der Waals surface area contributed by atoms with Crippen molar-refractivity contribution < 1.29 is 19.3 Å². The standard InChI is InChI=1S/C21H42NO3P/c1-5-6-7-8-9-10-11-12-13-14-15-16-17-18-20(23)26(25)21(24)19-22(2,3)4/h5-19H2,1-4H3/p+1. The molecule has 154 valence electrons. The smallest absolute Gasteiger partial charge is 0.321 e. The highest BCUT2D eigenvalue weighted by Gasteiger charge is 2.22. The Balaban J connectivity index is 3.57. The minimum absolute atomic E-state index is 0.160. The van der Waals surface area contributed by atoms with Gasteiger partial charge in [0.2, 0.25) is 0 Å². The van der Waals surface area contributed by atoms with Crippen LogP contribution < -0.4 is 4.89 Å².